The van der Waals surface area contributed by atoms with Gasteiger partial charge in [0.25, 0.3) is 0 Å². The summed E-state index contributed by atoms with van der Waals surface area (Å²) >= 11 is 3.49. The molecule has 2 fully saturated rings. The summed E-state index contributed by atoms with van der Waals surface area (Å²) in [4.78, 5) is 14.4. The van der Waals surface area contributed by atoms with Crippen molar-refractivity contribution in [2.75, 3.05) is 6.61 Å². The van der Waals surface area contributed by atoms with Crippen molar-refractivity contribution in [1.82, 2.24) is 0 Å². The summed E-state index contributed by atoms with van der Waals surface area (Å²) in [5.41, 5.74) is 0.736. The van der Waals surface area contributed by atoms with Crippen LogP contribution in [0.5, 0.6) is 5.75 Å². The molecule has 1 aromatic rings. The first kappa shape index (κ1) is 11.9. The van der Waals surface area contributed by atoms with Gasteiger partial charge in [-0.15, -0.1) is 0 Å². The summed E-state index contributed by atoms with van der Waals surface area (Å²) < 4.78 is 6.77. The Morgan fingerprint density at radius 1 is 1.44 bits per heavy atom. The molecule has 0 bridgehead atoms. The Balaban J connectivity index is 1.82. The van der Waals surface area contributed by atoms with Crippen LogP contribution in [-0.4, -0.2) is 12.7 Å². The molecular formula is C14H14BrNO2. The van der Waals surface area contributed by atoms with Crippen molar-refractivity contribution in [3.8, 4) is 5.75 Å². The maximum atomic E-state index is 10.5. The lowest BCUT2D eigenvalue weighted by molar-refractivity contribution is 0.297. The number of carbonyl (C=O) groups excluding carboxylic acids is 1. The normalized spacial score (nSPS) is 20.1. The number of aliphatic imine (C=N–C) groups is 1. The van der Waals surface area contributed by atoms with E-state index in [1.165, 1.54) is 12.8 Å². The second kappa shape index (κ2) is 4.52. The van der Waals surface area contributed by atoms with Gasteiger partial charge in [0.05, 0.1) is 16.6 Å². The second-order valence-corrected chi connectivity index (χ2v) is 5.99. The van der Waals surface area contributed by atoms with E-state index in [2.05, 4.69) is 20.9 Å². The highest BCUT2D eigenvalue weighted by molar-refractivity contribution is 9.10. The molecule has 1 aromatic carbocycles. The van der Waals surface area contributed by atoms with Crippen molar-refractivity contribution in [2.45, 2.75) is 31.2 Å². The third kappa shape index (κ3) is 2.36. The third-order valence-corrected chi connectivity index (χ3v) is 4.28. The Kier molecular flexibility index (Phi) is 3.00. The molecule has 0 radical (unpaired) electrons. The van der Waals surface area contributed by atoms with Crippen LogP contribution in [0.25, 0.3) is 0 Å². The fourth-order valence-corrected chi connectivity index (χ4v) is 2.43. The van der Waals surface area contributed by atoms with E-state index in [1.54, 1.807) is 6.08 Å². The van der Waals surface area contributed by atoms with Gasteiger partial charge in [-0.1, -0.05) is 6.07 Å². The number of isocyanates is 1. The number of nitrogens with zero attached hydrogens (tertiary/aromatic N) is 1. The maximum Gasteiger partial charge on any atom is 0.235 e. The summed E-state index contributed by atoms with van der Waals surface area (Å²) in [6.07, 6.45) is 6.08. The average Bonchev–Trinajstić information content (AvgIpc) is 3.23. The van der Waals surface area contributed by atoms with Crippen LogP contribution in [0.2, 0.25) is 0 Å². The first-order chi connectivity index (χ1) is 8.73. The smallest absolute Gasteiger partial charge is 0.235 e. The molecule has 0 saturated heterocycles. The molecule has 94 valence electrons. The largest absolute Gasteiger partial charge is 0.492 e. The Hall–Kier alpha value is -1.12. The molecule has 2 saturated carbocycles. The van der Waals surface area contributed by atoms with Crippen LogP contribution in [0.3, 0.4) is 0 Å². The summed E-state index contributed by atoms with van der Waals surface area (Å²) in [6, 6.07) is 5.97. The SMILES string of the molecule is O=C=NC1(c2ccc(Br)c(OCC3CC3)c2)CC1. The van der Waals surface area contributed by atoms with Crippen molar-refractivity contribution >= 4 is 22.0 Å². The topological polar surface area (TPSA) is 38.7 Å². The summed E-state index contributed by atoms with van der Waals surface area (Å²) in [5.74, 6) is 1.58. The minimum Gasteiger partial charge on any atom is -0.492 e. The maximum absolute atomic E-state index is 10.5. The highest BCUT2D eigenvalue weighted by atomic mass is 79.9. The quantitative estimate of drug-likeness (QED) is 0.616. The van der Waals surface area contributed by atoms with Crippen LogP contribution in [0.15, 0.2) is 27.7 Å². The lowest BCUT2D eigenvalue weighted by atomic mass is 10.1. The first-order valence-corrected chi connectivity index (χ1v) is 7.05. The van der Waals surface area contributed by atoms with Gasteiger partial charge in [0.1, 0.15) is 5.75 Å². The molecule has 0 amide bonds. The third-order valence-electron chi connectivity index (χ3n) is 3.62. The summed E-state index contributed by atoms with van der Waals surface area (Å²) in [6.45, 7) is 0.784. The van der Waals surface area contributed by atoms with Crippen molar-refractivity contribution in [1.29, 1.82) is 0 Å². The van der Waals surface area contributed by atoms with Crippen LogP contribution in [0.1, 0.15) is 31.2 Å². The number of ether oxygens (including phenoxy) is 1. The van der Waals surface area contributed by atoms with Crippen molar-refractivity contribution in [3.05, 3.63) is 28.2 Å². The fourth-order valence-electron chi connectivity index (χ4n) is 2.07. The molecule has 4 heteroatoms. The van der Waals surface area contributed by atoms with E-state index in [0.29, 0.717) is 0 Å². The van der Waals surface area contributed by atoms with Crippen molar-refractivity contribution in [3.63, 3.8) is 0 Å². The summed E-state index contributed by atoms with van der Waals surface area (Å²) in [7, 11) is 0. The highest BCUT2D eigenvalue weighted by Crippen LogP contribution is 2.50. The first-order valence-electron chi connectivity index (χ1n) is 6.25. The molecule has 18 heavy (non-hydrogen) atoms. The van der Waals surface area contributed by atoms with Crippen LogP contribution in [0, 0.1) is 5.92 Å². The van der Waals surface area contributed by atoms with Crippen LogP contribution < -0.4 is 4.74 Å². The van der Waals surface area contributed by atoms with Gasteiger partial charge in [0.15, 0.2) is 0 Å². The second-order valence-electron chi connectivity index (χ2n) is 5.13. The van der Waals surface area contributed by atoms with Gasteiger partial charge in [-0.25, -0.2) is 4.79 Å². The van der Waals surface area contributed by atoms with Crippen LogP contribution in [-0.2, 0) is 10.3 Å². The molecule has 0 N–H and O–H groups in total. The Labute approximate surface area is 114 Å². The zero-order valence-corrected chi connectivity index (χ0v) is 11.6. The van der Waals surface area contributed by atoms with E-state index in [1.807, 2.05) is 18.2 Å². The molecule has 0 aromatic heterocycles. The number of benzene rings is 1. The Morgan fingerprint density at radius 2 is 2.22 bits per heavy atom. The molecule has 2 aliphatic rings. The molecule has 0 heterocycles. The minimum absolute atomic E-state index is 0.319. The lowest BCUT2D eigenvalue weighted by Gasteiger charge is -2.13. The van der Waals surface area contributed by atoms with Crippen LogP contribution >= 0.6 is 15.9 Å². The molecule has 0 unspecified atom stereocenters. The molecule has 3 nitrogen and oxygen atoms in total. The van der Waals surface area contributed by atoms with Gasteiger partial charge in [-0.3, -0.25) is 0 Å². The van der Waals surface area contributed by atoms with E-state index >= 15 is 0 Å². The molecule has 3 rings (SSSR count). The number of hydrogen-bond donors (Lipinski definition) is 0. The lowest BCUT2D eigenvalue weighted by Crippen LogP contribution is -2.05. The standard InChI is InChI=1S/C14H14BrNO2/c15-12-4-3-11(14(5-6-14)16-9-17)7-13(12)18-8-10-1-2-10/h3-4,7,10H,1-2,5-6,8H2. The van der Waals surface area contributed by atoms with Gasteiger partial charge in [0, 0.05) is 0 Å². The summed E-state index contributed by atoms with van der Waals surface area (Å²) in [5, 5.41) is 0. The van der Waals surface area contributed by atoms with E-state index in [4.69, 9.17) is 4.74 Å². The zero-order chi connectivity index (χ0) is 12.6. The van der Waals surface area contributed by atoms with E-state index in [-0.39, 0.29) is 5.54 Å². The predicted molar refractivity (Wildman–Crippen MR) is 71.4 cm³/mol. The molecule has 0 aliphatic heterocycles. The Bertz CT molecular complexity index is 515. The number of rotatable bonds is 5. The van der Waals surface area contributed by atoms with Crippen molar-refractivity contribution in [2.24, 2.45) is 10.9 Å². The average molecular weight is 308 g/mol. The van der Waals surface area contributed by atoms with E-state index in [9.17, 15) is 4.79 Å². The molecule has 2 aliphatic carbocycles. The Morgan fingerprint density at radius 3 is 2.83 bits per heavy atom. The molecule has 0 spiro atoms. The van der Waals surface area contributed by atoms with E-state index < -0.39 is 0 Å². The highest BCUT2D eigenvalue weighted by Gasteiger charge is 2.45. The zero-order valence-electron chi connectivity index (χ0n) is 9.99. The van der Waals surface area contributed by atoms with Crippen LogP contribution in [0.4, 0.5) is 0 Å². The van der Waals surface area contributed by atoms with Crippen molar-refractivity contribution < 1.29 is 9.53 Å². The van der Waals surface area contributed by atoms with Gasteiger partial charge in [-0.05, 0) is 65.2 Å². The number of hydrogen-bond acceptors (Lipinski definition) is 3. The monoisotopic (exact) mass is 307 g/mol. The van der Waals surface area contributed by atoms with Gasteiger partial charge >= 0.3 is 0 Å². The van der Waals surface area contributed by atoms with Gasteiger partial charge in [0.2, 0.25) is 6.08 Å². The molecular weight excluding hydrogens is 294 g/mol. The van der Waals surface area contributed by atoms with Gasteiger partial charge < -0.3 is 4.74 Å². The fraction of sp³-hybridized carbons (Fsp3) is 0.500. The molecule has 0 atom stereocenters. The van der Waals surface area contributed by atoms with Gasteiger partial charge in [-0.2, -0.15) is 4.99 Å². The minimum atomic E-state index is -0.319. The predicted octanol–water partition coefficient (Wildman–Crippen LogP) is 3.56. The van der Waals surface area contributed by atoms with E-state index in [0.717, 1.165) is 41.2 Å². The number of halogens is 1.